The molecule has 0 amide bonds. The summed E-state index contributed by atoms with van der Waals surface area (Å²) >= 11 is 0. The van der Waals surface area contributed by atoms with Gasteiger partial charge in [0.15, 0.2) is 0 Å². The highest BCUT2D eigenvalue weighted by Crippen LogP contribution is 2.38. The van der Waals surface area contributed by atoms with E-state index in [4.69, 9.17) is 4.43 Å². The number of hydrogen-bond donors (Lipinski definition) is 0. The number of benzene rings is 2. The summed E-state index contributed by atoms with van der Waals surface area (Å²) in [5.74, 6) is 0.957. The molecule has 170 valence electrons. The maximum absolute atomic E-state index is 9.24. The minimum Gasteiger partial charge on any atom is -0.543 e. The standard InChI is InChI=1S/C27H37N3OSi/c1-7-15-29-16-18-30(19-17-29)26(23-13-11-22(21-28)12-14-23)24-9-8-10-25(20-24)31-32(5,6)27(2,3)4/h7-14,20,26H,1,15-19H2,2-6H3/t26-/m1/s1. The van der Waals surface area contributed by atoms with Gasteiger partial charge in [-0.2, -0.15) is 5.26 Å². The Hall–Kier alpha value is -2.39. The van der Waals surface area contributed by atoms with Crippen LogP contribution in [0.2, 0.25) is 18.1 Å². The second-order valence-corrected chi connectivity index (χ2v) is 14.9. The molecule has 4 nitrogen and oxygen atoms in total. The molecule has 0 saturated carbocycles. The van der Waals surface area contributed by atoms with Crippen LogP contribution in [-0.4, -0.2) is 50.8 Å². The fourth-order valence-corrected chi connectivity index (χ4v) is 4.96. The van der Waals surface area contributed by atoms with E-state index in [1.165, 1.54) is 11.1 Å². The van der Waals surface area contributed by atoms with Crippen LogP contribution in [0.15, 0.2) is 61.2 Å². The summed E-state index contributed by atoms with van der Waals surface area (Å²) in [6, 6.07) is 19.0. The monoisotopic (exact) mass is 447 g/mol. The van der Waals surface area contributed by atoms with E-state index in [1.807, 2.05) is 18.2 Å². The van der Waals surface area contributed by atoms with Crippen molar-refractivity contribution in [3.8, 4) is 11.8 Å². The van der Waals surface area contributed by atoms with Gasteiger partial charge in [0.1, 0.15) is 5.75 Å². The molecule has 0 N–H and O–H groups in total. The average Bonchev–Trinajstić information content (AvgIpc) is 2.75. The Morgan fingerprint density at radius 1 is 1.06 bits per heavy atom. The zero-order valence-corrected chi connectivity index (χ0v) is 21.3. The van der Waals surface area contributed by atoms with E-state index in [0.29, 0.717) is 5.56 Å². The highest BCUT2D eigenvalue weighted by molar-refractivity contribution is 6.74. The van der Waals surface area contributed by atoms with E-state index in [-0.39, 0.29) is 11.1 Å². The summed E-state index contributed by atoms with van der Waals surface area (Å²) in [6.07, 6.45) is 1.98. The van der Waals surface area contributed by atoms with Crippen molar-refractivity contribution in [1.82, 2.24) is 9.80 Å². The number of nitriles is 1. The van der Waals surface area contributed by atoms with Crippen molar-refractivity contribution >= 4 is 8.32 Å². The SMILES string of the molecule is C=CCN1CCN([C@H](c2ccc(C#N)cc2)c2cccc(O[Si](C)(C)C(C)(C)C)c2)CC1. The lowest BCUT2D eigenvalue weighted by Crippen LogP contribution is -2.47. The Morgan fingerprint density at radius 3 is 2.28 bits per heavy atom. The van der Waals surface area contributed by atoms with Crippen LogP contribution in [0.1, 0.15) is 43.5 Å². The van der Waals surface area contributed by atoms with Crippen molar-refractivity contribution < 1.29 is 4.43 Å². The third-order valence-electron chi connectivity index (χ3n) is 6.87. The fourth-order valence-electron chi connectivity index (χ4n) is 3.94. The molecule has 0 aliphatic carbocycles. The summed E-state index contributed by atoms with van der Waals surface area (Å²) in [7, 11) is -1.92. The van der Waals surface area contributed by atoms with Gasteiger partial charge >= 0.3 is 0 Å². The molecule has 0 unspecified atom stereocenters. The quantitative estimate of drug-likeness (QED) is 0.395. The molecule has 0 spiro atoms. The largest absolute Gasteiger partial charge is 0.543 e. The first kappa shape index (κ1) is 24.3. The van der Waals surface area contributed by atoms with Gasteiger partial charge in [0.25, 0.3) is 0 Å². The third-order valence-corrected chi connectivity index (χ3v) is 11.2. The van der Waals surface area contributed by atoms with Crippen LogP contribution in [0, 0.1) is 11.3 Å². The topological polar surface area (TPSA) is 39.5 Å². The van der Waals surface area contributed by atoms with Gasteiger partial charge in [0.05, 0.1) is 17.7 Å². The number of nitrogens with zero attached hydrogens (tertiary/aromatic N) is 3. The van der Waals surface area contributed by atoms with Crippen molar-refractivity contribution in [2.45, 2.75) is 44.9 Å². The van der Waals surface area contributed by atoms with Crippen LogP contribution in [0.5, 0.6) is 5.75 Å². The predicted molar refractivity (Wildman–Crippen MR) is 135 cm³/mol. The molecule has 1 aliphatic heterocycles. The van der Waals surface area contributed by atoms with Crippen LogP contribution in [0.25, 0.3) is 0 Å². The van der Waals surface area contributed by atoms with Gasteiger partial charge in [0.2, 0.25) is 8.32 Å². The number of hydrogen-bond acceptors (Lipinski definition) is 4. The van der Waals surface area contributed by atoms with Crippen molar-refractivity contribution in [1.29, 1.82) is 5.26 Å². The summed E-state index contributed by atoms with van der Waals surface area (Å²) < 4.78 is 6.62. The van der Waals surface area contributed by atoms with Gasteiger partial charge in [-0.15, -0.1) is 6.58 Å². The Morgan fingerprint density at radius 2 is 1.72 bits per heavy atom. The fraction of sp³-hybridized carbons (Fsp3) is 0.444. The first-order valence-electron chi connectivity index (χ1n) is 11.5. The predicted octanol–water partition coefficient (Wildman–Crippen LogP) is 5.84. The molecule has 5 heteroatoms. The minimum atomic E-state index is -1.92. The van der Waals surface area contributed by atoms with Crippen molar-refractivity contribution in [3.63, 3.8) is 0 Å². The minimum absolute atomic E-state index is 0.136. The van der Waals surface area contributed by atoms with E-state index in [0.717, 1.165) is 38.5 Å². The Kier molecular flexibility index (Phi) is 7.61. The van der Waals surface area contributed by atoms with Crippen LogP contribution in [0.3, 0.4) is 0 Å². The number of piperazine rings is 1. The van der Waals surface area contributed by atoms with Gasteiger partial charge in [-0.25, -0.2) is 0 Å². The second kappa shape index (κ2) is 10.0. The van der Waals surface area contributed by atoms with E-state index in [1.54, 1.807) is 0 Å². The summed E-state index contributed by atoms with van der Waals surface area (Å²) in [5, 5.41) is 9.39. The van der Waals surface area contributed by atoms with E-state index in [2.05, 4.69) is 92.7 Å². The smallest absolute Gasteiger partial charge is 0.250 e. The molecule has 1 heterocycles. The normalized spacial score (nSPS) is 16.9. The van der Waals surface area contributed by atoms with Crippen molar-refractivity contribution in [3.05, 3.63) is 77.9 Å². The Balaban J connectivity index is 1.93. The van der Waals surface area contributed by atoms with Gasteiger partial charge in [-0.1, -0.05) is 51.1 Å². The highest BCUT2D eigenvalue weighted by Gasteiger charge is 2.39. The molecule has 0 aromatic heterocycles. The number of rotatable bonds is 7. The molecule has 2 aromatic rings. The van der Waals surface area contributed by atoms with E-state index < -0.39 is 8.32 Å². The Labute approximate surface area is 195 Å². The molecule has 1 saturated heterocycles. The van der Waals surface area contributed by atoms with Crippen LogP contribution >= 0.6 is 0 Å². The summed E-state index contributed by atoms with van der Waals surface area (Å²) in [4.78, 5) is 4.99. The van der Waals surface area contributed by atoms with Crippen LogP contribution in [0.4, 0.5) is 0 Å². The maximum Gasteiger partial charge on any atom is 0.250 e. The second-order valence-electron chi connectivity index (χ2n) is 10.2. The third kappa shape index (κ3) is 5.69. The molecular formula is C27H37N3OSi. The lowest BCUT2D eigenvalue weighted by atomic mass is 9.95. The van der Waals surface area contributed by atoms with Gasteiger partial charge in [-0.05, 0) is 53.5 Å². The zero-order valence-electron chi connectivity index (χ0n) is 20.3. The van der Waals surface area contributed by atoms with Crippen molar-refractivity contribution in [2.24, 2.45) is 0 Å². The lowest BCUT2D eigenvalue weighted by molar-refractivity contribution is 0.117. The van der Waals surface area contributed by atoms with Crippen LogP contribution in [-0.2, 0) is 0 Å². The molecular weight excluding hydrogens is 410 g/mol. The zero-order chi connectivity index (χ0) is 23.4. The van der Waals surface area contributed by atoms with Crippen molar-refractivity contribution in [2.75, 3.05) is 32.7 Å². The lowest BCUT2D eigenvalue weighted by Gasteiger charge is -2.40. The molecule has 0 radical (unpaired) electrons. The summed E-state index contributed by atoms with van der Waals surface area (Å²) in [5.41, 5.74) is 3.15. The summed E-state index contributed by atoms with van der Waals surface area (Å²) in [6.45, 7) is 20.2. The highest BCUT2D eigenvalue weighted by atomic mass is 28.4. The molecule has 1 atom stereocenters. The Bertz CT molecular complexity index is 948. The van der Waals surface area contributed by atoms with Crippen LogP contribution < -0.4 is 4.43 Å². The van der Waals surface area contributed by atoms with Gasteiger partial charge in [-0.3, -0.25) is 9.80 Å². The average molecular weight is 448 g/mol. The molecule has 1 aliphatic rings. The van der Waals surface area contributed by atoms with E-state index >= 15 is 0 Å². The molecule has 1 fully saturated rings. The first-order chi connectivity index (χ1) is 15.1. The maximum atomic E-state index is 9.24. The molecule has 32 heavy (non-hydrogen) atoms. The first-order valence-corrected chi connectivity index (χ1v) is 14.4. The molecule has 2 aromatic carbocycles. The van der Waals surface area contributed by atoms with Gasteiger partial charge in [0, 0.05) is 32.7 Å². The molecule has 3 rings (SSSR count). The van der Waals surface area contributed by atoms with E-state index in [9.17, 15) is 5.26 Å². The molecule has 0 bridgehead atoms. The van der Waals surface area contributed by atoms with Gasteiger partial charge < -0.3 is 4.43 Å².